The predicted octanol–water partition coefficient (Wildman–Crippen LogP) is 3.78. The quantitative estimate of drug-likeness (QED) is 0.700. The van der Waals surface area contributed by atoms with E-state index in [9.17, 15) is 18.8 Å². The van der Waals surface area contributed by atoms with E-state index < -0.39 is 23.3 Å². The standard InChI is InChI=1S/C25H28FN3O3/c1-3-20(17-8-5-4-6-9-17)21-10-7-15-28(21)22(30)16-29-23(31)25(2,27-24(29)32)18-11-13-19(26)14-12-18/h4-6,8-9,11-14,20-21H,3,7,10,15-16H2,1-2H3,(H,27,32)/t20-,21+,25+/m1/s1. The SMILES string of the molecule is CC[C@H](c1ccccc1)[C@@H]1CCCN1C(=O)CN1C(=O)N[C@@](C)(c2ccc(F)cc2)C1=O. The fourth-order valence-corrected chi connectivity index (χ4v) is 5.00. The van der Waals surface area contributed by atoms with E-state index >= 15 is 0 Å². The summed E-state index contributed by atoms with van der Waals surface area (Å²) in [5.41, 5.74) is 0.339. The van der Waals surface area contributed by atoms with Crippen molar-refractivity contribution in [2.75, 3.05) is 13.1 Å². The second-order valence-electron chi connectivity index (χ2n) is 8.68. The molecular weight excluding hydrogens is 409 g/mol. The van der Waals surface area contributed by atoms with Crippen molar-refractivity contribution in [1.29, 1.82) is 0 Å². The van der Waals surface area contributed by atoms with Crippen molar-refractivity contribution in [1.82, 2.24) is 15.1 Å². The van der Waals surface area contributed by atoms with Crippen molar-refractivity contribution >= 4 is 17.8 Å². The highest BCUT2D eigenvalue weighted by atomic mass is 19.1. The molecule has 0 unspecified atom stereocenters. The summed E-state index contributed by atoms with van der Waals surface area (Å²) in [4.78, 5) is 41.8. The van der Waals surface area contributed by atoms with Gasteiger partial charge in [-0.2, -0.15) is 0 Å². The lowest BCUT2D eigenvalue weighted by molar-refractivity contribution is -0.139. The van der Waals surface area contributed by atoms with Crippen LogP contribution in [-0.2, 0) is 15.1 Å². The molecule has 0 aromatic heterocycles. The molecule has 0 aliphatic carbocycles. The summed E-state index contributed by atoms with van der Waals surface area (Å²) >= 11 is 0. The fraction of sp³-hybridized carbons (Fsp3) is 0.400. The van der Waals surface area contributed by atoms with Crippen LogP contribution in [0.25, 0.3) is 0 Å². The lowest BCUT2D eigenvalue weighted by Crippen LogP contribution is -2.47. The molecule has 2 aromatic carbocycles. The normalized spacial score (nSPS) is 24.0. The smallest absolute Gasteiger partial charge is 0.325 e. The van der Waals surface area contributed by atoms with Gasteiger partial charge in [-0.25, -0.2) is 9.18 Å². The molecule has 6 nitrogen and oxygen atoms in total. The maximum Gasteiger partial charge on any atom is 0.325 e. The van der Waals surface area contributed by atoms with Gasteiger partial charge in [0.05, 0.1) is 0 Å². The molecule has 2 aromatic rings. The van der Waals surface area contributed by atoms with E-state index in [1.165, 1.54) is 29.8 Å². The first-order valence-electron chi connectivity index (χ1n) is 11.1. The fourth-order valence-electron chi connectivity index (χ4n) is 5.00. The molecule has 2 heterocycles. The molecule has 1 N–H and O–H groups in total. The molecule has 32 heavy (non-hydrogen) atoms. The highest BCUT2D eigenvalue weighted by Crippen LogP contribution is 2.34. The predicted molar refractivity (Wildman–Crippen MR) is 118 cm³/mol. The minimum absolute atomic E-state index is 0.0409. The Balaban J connectivity index is 1.51. The van der Waals surface area contributed by atoms with Crippen molar-refractivity contribution < 1.29 is 18.8 Å². The van der Waals surface area contributed by atoms with Crippen molar-refractivity contribution in [2.24, 2.45) is 0 Å². The first-order valence-corrected chi connectivity index (χ1v) is 11.1. The number of nitrogens with zero attached hydrogens (tertiary/aromatic N) is 2. The second kappa shape index (κ2) is 8.73. The van der Waals surface area contributed by atoms with Gasteiger partial charge in [0.2, 0.25) is 5.91 Å². The van der Waals surface area contributed by atoms with Crippen LogP contribution >= 0.6 is 0 Å². The van der Waals surface area contributed by atoms with E-state index in [1.807, 2.05) is 23.1 Å². The number of carbonyl (C=O) groups excluding carboxylic acids is 3. The largest absolute Gasteiger partial charge is 0.338 e. The van der Waals surface area contributed by atoms with Crippen LogP contribution in [0.2, 0.25) is 0 Å². The van der Waals surface area contributed by atoms with Crippen LogP contribution in [0, 0.1) is 5.82 Å². The molecule has 0 radical (unpaired) electrons. The van der Waals surface area contributed by atoms with Crippen LogP contribution in [-0.4, -0.2) is 46.8 Å². The van der Waals surface area contributed by atoms with E-state index in [4.69, 9.17) is 0 Å². The van der Waals surface area contributed by atoms with E-state index in [0.717, 1.165) is 24.2 Å². The molecule has 0 bridgehead atoms. The molecule has 4 rings (SSSR count). The van der Waals surface area contributed by atoms with Crippen LogP contribution < -0.4 is 5.32 Å². The van der Waals surface area contributed by atoms with Gasteiger partial charge in [-0.1, -0.05) is 49.4 Å². The molecular formula is C25H28FN3O3. The maximum absolute atomic E-state index is 13.3. The number of hydrogen-bond donors (Lipinski definition) is 1. The first kappa shape index (κ1) is 22.0. The van der Waals surface area contributed by atoms with E-state index in [1.54, 1.807) is 6.92 Å². The lowest BCUT2D eigenvalue weighted by atomic mass is 9.87. The Kier molecular flexibility index (Phi) is 6.00. The molecule has 3 atom stereocenters. The van der Waals surface area contributed by atoms with E-state index in [2.05, 4.69) is 24.4 Å². The maximum atomic E-state index is 13.3. The Bertz CT molecular complexity index is 1010. The number of amides is 4. The zero-order valence-corrected chi connectivity index (χ0v) is 18.4. The third-order valence-corrected chi connectivity index (χ3v) is 6.74. The van der Waals surface area contributed by atoms with Crippen molar-refractivity contribution in [3.05, 3.63) is 71.5 Å². The molecule has 0 saturated carbocycles. The molecule has 2 saturated heterocycles. The van der Waals surface area contributed by atoms with Gasteiger partial charge in [0.1, 0.15) is 17.9 Å². The first-order chi connectivity index (χ1) is 15.3. The van der Waals surface area contributed by atoms with Gasteiger partial charge in [-0.05, 0) is 49.4 Å². The second-order valence-corrected chi connectivity index (χ2v) is 8.68. The van der Waals surface area contributed by atoms with Crippen LogP contribution in [0.15, 0.2) is 54.6 Å². The zero-order chi connectivity index (χ0) is 22.9. The topological polar surface area (TPSA) is 69.7 Å². The van der Waals surface area contributed by atoms with Crippen LogP contribution in [0.5, 0.6) is 0 Å². The number of likely N-dealkylation sites (tertiary alicyclic amines) is 1. The number of hydrogen-bond acceptors (Lipinski definition) is 3. The van der Waals surface area contributed by atoms with Gasteiger partial charge in [-0.15, -0.1) is 0 Å². The third-order valence-electron chi connectivity index (χ3n) is 6.74. The number of halogens is 1. The molecule has 168 valence electrons. The average molecular weight is 438 g/mol. The summed E-state index contributed by atoms with van der Waals surface area (Å²) in [5.74, 6) is -0.956. The van der Waals surface area contributed by atoms with Crippen LogP contribution in [0.3, 0.4) is 0 Å². The summed E-state index contributed by atoms with van der Waals surface area (Å²) in [5, 5.41) is 2.68. The number of benzene rings is 2. The van der Waals surface area contributed by atoms with Gasteiger partial charge in [0.15, 0.2) is 0 Å². The van der Waals surface area contributed by atoms with Crippen LogP contribution in [0.4, 0.5) is 9.18 Å². The third kappa shape index (κ3) is 3.87. The summed E-state index contributed by atoms with van der Waals surface area (Å²) in [6, 6.07) is 15.0. The Labute approximate surface area is 187 Å². The number of carbonyl (C=O) groups is 3. The summed E-state index contributed by atoms with van der Waals surface area (Å²) in [7, 11) is 0. The highest BCUT2D eigenvalue weighted by Gasteiger charge is 2.50. The Morgan fingerprint density at radius 3 is 2.50 bits per heavy atom. The molecule has 4 amide bonds. The van der Waals surface area contributed by atoms with Crippen molar-refractivity contribution in [3.8, 4) is 0 Å². The molecule has 2 aliphatic heterocycles. The van der Waals surface area contributed by atoms with Gasteiger partial charge in [0.25, 0.3) is 5.91 Å². The van der Waals surface area contributed by atoms with Crippen molar-refractivity contribution in [2.45, 2.75) is 50.6 Å². The monoisotopic (exact) mass is 437 g/mol. The van der Waals surface area contributed by atoms with Crippen molar-refractivity contribution in [3.63, 3.8) is 0 Å². The summed E-state index contributed by atoms with van der Waals surface area (Å²) in [6.45, 7) is 4.01. The van der Waals surface area contributed by atoms with E-state index in [-0.39, 0.29) is 24.4 Å². The molecule has 7 heteroatoms. The number of nitrogens with one attached hydrogen (secondary N) is 1. The van der Waals surface area contributed by atoms with Gasteiger partial charge in [0, 0.05) is 18.5 Å². The number of urea groups is 1. The molecule has 2 aliphatic rings. The summed E-state index contributed by atoms with van der Waals surface area (Å²) in [6.07, 6.45) is 2.68. The summed E-state index contributed by atoms with van der Waals surface area (Å²) < 4.78 is 13.3. The zero-order valence-electron chi connectivity index (χ0n) is 18.4. The Hall–Kier alpha value is -3.22. The number of rotatable bonds is 6. The highest BCUT2D eigenvalue weighted by molar-refractivity contribution is 6.09. The lowest BCUT2D eigenvalue weighted by Gasteiger charge is -2.32. The van der Waals surface area contributed by atoms with Gasteiger partial charge >= 0.3 is 6.03 Å². The average Bonchev–Trinajstić information content (AvgIpc) is 3.35. The molecule has 0 spiro atoms. The number of imide groups is 1. The Morgan fingerprint density at radius 2 is 1.84 bits per heavy atom. The Morgan fingerprint density at radius 1 is 1.16 bits per heavy atom. The van der Waals surface area contributed by atoms with Gasteiger partial charge < -0.3 is 10.2 Å². The van der Waals surface area contributed by atoms with Crippen LogP contribution in [0.1, 0.15) is 50.2 Å². The molecule has 2 fully saturated rings. The minimum Gasteiger partial charge on any atom is -0.338 e. The van der Waals surface area contributed by atoms with E-state index in [0.29, 0.717) is 12.1 Å². The van der Waals surface area contributed by atoms with Gasteiger partial charge in [-0.3, -0.25) is 14.5 Å². The minimum atomic E-state index is -1.33.